The number of nitrogens with zero attached hydrogens (tertiary/aromatic N) is 5. The Bertz CT molecular complexity index is 673. The number of carbonyl (C=O) groups excluding carboxylic acids is 1. The lowest BCUT2D eigenvalue weighted by Crippen LogP contribution is -2.33. The van der Waals surface area contributed by atoms with Crippen LogP contribution in [0.25, 0.3) is 0 Å². The van der Waals surface area contributed by atoms with E-state index in [4.69, 9.17) is 0 Å². The molecule has 2 heterocycles. The number of aromatic nitrogens is 5. The van der Waals surface area contributed by atoms with E-state index in [0.717, 1.165) is 42.4 Å². The van der Waals surface area contributed by atoms with Gasteiger partial charge in [0.1, 0.15) is 12.2 Å². The summed E-state index contributed by atoms with van der Waals surface area (Å²) in [6.45, 7) is 11.4. The fraction of sp³-hybridized carbons (Fsp3) is 0.600. The number of nitrogens with one attached hydrogen (secondary N) is 2. The van der Waals surface area contributed by atoms with E-state index in [1.807, 2.05) is 37.1 Å². The minimum absolute atomic E-state index is 0.231. The molecular formula is C15H25N7O. The predicted molar refractivity (Wildman–Crippen MR) is 88.3 cm³/mol. The normalized spacial score (nSPS) is 12.2. The third-order valence-electron chi connectivity index (χ3n) is 3.74. The summed E-state index contributed by atoms with van der Waals surface area (Å²) in [7, 11) is 0. The number of rotatable bonds is 6. The molecule has 0 spiro atoms. The number of anilines is 1. The van der Waals surface area contributed by atoms with Crippen molar-refractivity contribution in [1.29, 1.82) is 0 Å². The smallest absolute Gasteiger partial charge is 0.319 e. The summed E-state index contributed by atoms with van der Waals surface area (Å²) in [5.41, 5.74) is 2.51. The molecule has 0 fully saturated rings. The van der Waals surface area contributed by atoms with E-state index >= 15 is 0 Å². The van der Waals surface area contributed by atoms with Crippen molar-refractivity contribution in [3.05, 3.63) is 23.5 Å². The summed E-state index contributed by atoms with van der Waals surface area (Å²) in [4.78, 5) is 16.5. The van der Waals surface area contributed by atoms with Crippen LogP contribution >= 0.6 is 0 Å². The van der Waals surface area contributed by atoms with Crippen molar-refractivity contribution < 1.29 is 4.79 Å². The maximum atomic E-state index is 12.3. The molecule has 8 heteroatoms. The van der Waals surface area contributed by atoms with E-state index < -0.39 is 0 Å². The van der Waals surface area contributed by atoms with Crippen LogP contribution in [0.3, 0.4) is 0 Å². The summed E-state index contributed by atoms with van der Waals surface area (Å²) < 4.78 is 3.68. The molecule has 0 unspecified atom stereocenters. The van der Waals surface area contributed by atoms with Crippen molar-refractivity contribution >= 4 is 11.7 Å². The number of hydrogen-bond donors (Lipinski definition) is 2. The molecule has 0 saturated carbocycles. The molecule has 0 aliphatic heterocycles. The Labute approximate surface area is 136 Å². The standard InChI is InChI=1S/C15H25N7O/c1-6-8-22-14(16-9-17-22)11(4)18-15(23)19-13-10(3)20-21(7-2)12(13)5/h9,11H,6-8H2,1-5H3,(H2,18,19,23)/t11-/m1/s1. The van der Waals surface area contributed by atoms with Crippen LogP contribution in [0.5, 0.6) is 0 Å². The Morgan fingerprint density at radius 1 is 1.30 bits per heavy atom. The number of carbonyl (C=O) groups is 1. The van der Waals surface area contributed by atoms with Gasteiger partial charge in [0.25, 0.3) is 0 Å². The van der Waals surface area contributed by atoms with Gasteiger partial charge in [-0.2, -0.15) is 10.2 Å². The number of urea groups is 1. The lowest BCUT2D eigenvalue weighted by molar-refractivity contribution is 0.248. The summed E-state index contributed by atoms with van der Waals surface area (Å²) in [6.07, 6.45) is 2.48. The van der Waals surface area contributed by atoms with Gasteiger partial charge in [0.15, 0.2) is 0 Å². The Hall–Kier alpha value is -2.38. The third-order valence-corrected chi connectivity index (χ3v) is 3.74. The molecule has 0 aliphatic rings. The molecule has 2 aromatic rings. The Morgan fingerprint density at radius 3 is 2.65 bits per heavy atom. The lowest BCUT2D eigenvalue weighted by Gasteiger charge is -2.15. The van der Waals surface area contributed by atoms with E-state index in [-0.39, 0.29) is 12.1 Å². The highest BCUT2D eigenvalue weighted by Crippen LogP contribution is 2.19. The van der Waals surface area contributed by atoms with Crippen LogP contribution in [-0.2, 0) is 13.1 Å². The van der Waals surface area contributed by atoms with Crippen LogP contribution in [0.2, 0.25) is 0 Å². The van der Waals surface area contributed by atoms with E-state index in [1.165, 1.54) is 6.33 Å². The SMILES string of the molecule is CCCn1ncnc1[C@@H](C)NC(=O)Nc1c(C)nn(CC)c1C. The molecule has 0 aromatic carbocycles. The number of aryl methyl sites for hydroxylation is 3. The van der Waals surface area contributed by atoms with Crippen molar-refractivity contribution in [2.75, 3.05) is 5.32 Å². The van der Waals surface area contributed by atoms with Gasteiger partial charge < -0.3 is 10.6 Å². The van der Waals surface area contributed by atoms with Gasteiger partial charge in [-0.25, -0.2) is 14.5 Å². The van der Waals surface area contributed by atoms with Crippen molar-refractivity contribution in [3.8, 4) is 0 Å². The van der Waals surface area contributed by atoms with E-state index in [1.54, 1.807) is 0 Å². The maximum absolute atomic E-state index is 12.3. The summed E-state index contributed by atoms with van der Waals surface area (Å²) in [6, 6.07) is -0.503. The molecule has 0 saturated heterocycles. The van der Waals surface area contributed by atoms with Crippen LogP contribution in [0, 0.1) is 13.8 Å². The van der Waals surface area contributed by atoms with E-state index in [0.29, 0.717) is 0 Å². The topological polar surface area (TPSA) is 89.7 Å². The first-order valence-corrected chi connectivity index (χ1v) is 7.97. The zero-order valence-corrected chi connectivity index (χ0v) is 14.4. The lowest BCUT2D eigenvalue weighted by atomic mass is 10.3. The second-order valence-electron chi connectivity index (χ2n) is 5.52. The molecule has 0 radical (unpaired) electrons. The molecule has 1 atom stereocenters. The second-order valence-corrected chi connectivity index (χ2v) is 5.52. The van der Waals surface area contributed by atoms with Crippen LogP contribution in [-0.4, -0.2) is 30.6 Å². The first kappa shape index (κ1) is 17.0. The predicted octanol–water partition coefficient (Wildman–Crippen LogP) is 2.40. The highest BCUT2D eigenvalue weighted by molar-refractivity contribution is 5.90. The number of amides is 2. The van der Waals surface area contributed by atoms with Gasteiger partial charge in [-0.15, -0.1) is 0 Å². The van der Waals surface area contributed by atoms with Crippen LogP contribution in [0.1, 0.15) is 50.4 Å². The van der Waals surface area contributed by atoms with Gasteiger partial charge in [-0.1, -0.05) is 6.92 Å². The monoisotopic (exact) mass is 319 g/mol. The molecule has 8 nitrogen and oxygen atoms in total. The largest absolute Gasteiger partial charge is 0.328 e. The third kappa shape index (κ3) is 3.69. The second kappa shape index (κ2) is 7.26. The molecule has 0 aliphatic carbocycles. The Morgan fingerprint density at radius 2 is 2.04 bits per heavy atom. The molecule has 0 bridgehead atoms. The molecule has 2 amide bonds. The molecular weight excluding hydrogens is 294 g/mol. The minimum Gasteiger partial charge on any atom is -0.328 e. The first-order valence-electron chi connectivity index (χ1n) is 7.97. The zero-order chi connectivity index (χ0) is 17.0. The van der Waals surface area contributed by atoms with Gasteiger partial charge >= 0.3 is 6.03 Å². The van der Waals surface area contributed by atoms with Gasteiger partial charge in [-0.3, -0.25) is 4.68 Å². The van der Waals surface area contributed by atoms with Crippen LogP contribution in [0.15, 0.2) is 6.33 Å². The molecule has 23 heavy (non-hydrogen) atoms. The van der Waals surface area contributed by atoms with E-state index in [2.05, 4.69) is 32.7 Å². The van der Waals surface area contributed by atoms with Crippen molar-refractivity contribution in [3.63, 3.8) is 0 Å². The van der Waals surface area contributed by atoms with Gasteiger partial charge in [0, 0.05) is 13.1 Å². The average molecular weight is 319 g/mol. The summed E-state index contributed by atoms with van der Waals surface area (Å²) in [5.74, 6) is 0.750. The Balaban J connectivity index is 2.05. The highest BCUT2D eigenvalue weighted by Gasteiger charge is 2.18. The van der Waals surface area contributed by atoms with Gasteiger partial charge in [0.05, 0.1) is 23.1 Å². The quantitative estimate of drug-likeness (QED) is 0.855. The molecule has 2 aromatic heterocycles. The van der Waals surface area contributed by atoms with Crippen molar-refractivity contribution in [2.24, 2.45) is 0 Å². The summed E-state index contributed by atoms with van der Waals surface area (Å²) >= 11 is 0. The summed E-state index contributed by atoms with van der Waals surface area (Å²) in [5, 5.41) is 14.4. The maximum Gasteiger partial charge on any atom is 0.319 e. The minimum atomic E-state index is -0.273. The fourth-order valence-electron chi connectivity index (χ4n) is 2.59. The van der Waals surface area contributed by atoms with Crippen LogP contribution < -0.4 is 10.6 Å². The zero-order valence-electron chi connectivity index (χ0n) is 14.4. The first-order chi connectivity index (χ1) is 11.0. The van der Waals surface area contributed by atoms with E-state index in [9.17, 15) is 4.79 Å². The highest BCUT2D eigenvalue weighted by atomic mass is 16.2. The Kier molecular flexibility index (Phi) is 5.36. The molecule has 2 rings (SSSR count). The van der Waals surface area contributed by atoms with Crippen molar-refractivity contribution in [1.82, 2.24) is 29.9 Å². The van der Waals surface area contributed by atoms with Crippen LogP contribution in [0.4, 0.5) is 10.5 Å². The van der Waals surface area contributed by atoms with Gasteiger partial charge in [-0.05, 0) is 34.1 Å². The average Bonchev–Trinajstić information content (AvgIpc) is 3.07. The molecule has 2 N–H and O–H groups in total. The van der Waals surface area contributed by atoms with Crippen molar-refractivity contribution in [2.45, 2.75) is 60.2 Å². The molecule has 126 valence electrons. The van der Waals surface area contributed by atoms with Gasteiger partial charge in [0.2, 0.25) is 0 Å². The number of hydrogen-bond acceptors (Lipinski definition) is 4. The fourth-order valence-corrected chi connectivity index (χ4v) is 2.59.